The van der Waals surface area contributed by atoms with Gasteiger partial charge >= 0.3 is 0 Å². The van der Waals surface area contributed by atoms with Crippen molar-refractivity contribution in [3.05, 3.63) is 80.9 Å². The van der Waals surface area contributed by atoms with E-state index < -0.39 is 0 Å². The smallest absolute Gasteiger partial charge is 0.253 e. The van der Waals surface area contributed by atoms with Crippen molar-refractivity contribution in [2.45, 2.75) is 19.4 Å². The maximum Gasteiger partial charge on any atom is 0.253 e. The summed E-state index contributed by atoms with van der Waals surface area (Å²) in [5.41, 5.74) is 1.40. The fraction of sp³-hybridized carbons (Fsp3) is 0.261. The lowest BCUT2D eigenvalue weighted by molar-refractivity contribution is -0.121. The molecule has 9 heteroatoms. The molecule has 1 fully saturated rings. The largest absolute Gasteiger partial charge is 0.338 e. The number of hydrogen-bond donors (Lipinski definition) is 1. The fourth-order valence-electron chi connectivity index (χ4n) is 3.76. The highest BCUT2D eigenvalue weighted by molar-refractivity contribution is 6.35. The van der Waals surface area contributed by atoms with E-state index in [0.717, 1.165) is 12.0 Å². The summed E-state index contributed by atoms with van der Waals surface area (Å²) in [7, 11) is 0. The maximum atomic E-state index is 13.0. The molecule has 1 aliphatic heterocycles. The number of nitrogens with zero attached hydrogens (tertiary/aromatic N) is 3. The van der Waals surface area contributed by atoms with E-state index in [1.807, 2.05) is 6.07 Å². The second-order valence-corrected chi connectivity index (χ2v) is 8.98. The van der Waals surface area contributed by atoms with Gasteiger partial charge in [0, 0.05) is 39.8 Å². The zero-order valence-electron chi connectivity index (χ0n) is 17.1. The van der Waals surface area contributed by atoms with Crippen molar-refractivity contribution >= 4 is 52.4 Å². The van der Waals surface area contributed by atoms with Crippen LogP contribution in [-0.2, 0) is 11.3 Å². The average Bonchev–Trinajstić information content (AvgIpc) is 3.22. The molecule has 2 amide bonds. The third-order valence-corrected chi connectivity index (χ3v) is 6.31. The predicted octanol–water partition coefficient (Wildman–Crippen LogP) is 5.38. The first-order valence-corrected chi connectivity index (χ1v) is 11.4. The summed E-state index contributed by atoms with van der Waals surface area (Å²) >= 11 is 18.2. The van der Waals surface area contributed by atoms with Crippen LogP contribution in [0.2, 0.25) is 15.1 Å². The Kier molecular flexibility index (Phi) is 7.04. The van der Waals surface area contributed by atoms with Gasteiger partial charge in [-0.25, -0.2) is 4.68 Å². The fourth-order valence-corrected chi connectivity index (χ4v) is 4.35. The minimum absolute atomic E-state index is 0.0958. The topological polar surface area (TPSA) is 67.2 Å². The summed E-state index contributed by atoms with van der Waals surface area (Å²) in [5, 5.41) is 8.93. The van der Waals surface area contributed by atoms with Crippen LogP contribution < -0.4 is 5.32 Å². The van der Waals surface area contributed by atoms with Gasteiger partial charge in [-0.2, -0.15) is 5.10 Å². The Morgan fingerprint density at radius 2 is 1.78 bits per heavy atom. The van der Waals surface area contributed by atoms with E-state index >= 15 is 0 Å². The minimum Gasteiger partial charge on any atom is -0.338 e. The molecular formula is C23H21Cl3N4O2. The Hall–Kier alpha value is -2.54. The molecule has 0 saturated carbocycles. The molecule has 166 valence electrons. The predicted molar refractivity (Wildman–Crippen MR) is 127 cm³/mol. The van der Waals surface area contributed by atoms with Crippen LogP contribution in [0.1, 0.15) is 28.8 Å². The lowest BCUT2D eigenvalue weighted by atomic mass is 9.96. The molecule has 6 nitrogen and oxygen atoms in total. The molecule has 0 spiro atoms. The number of nitrogens with one attached hydrogen (secondary N) is 1. The van der Waals surface area contributed by atoms with Crippen LogP contribution in [0.15, 0.2) is 54.7 Å². The van der Waals surface area contributed by atoms with E-state index in [0.29, 0.717) is 52.5 Å². The summed E-state index contributed by atoms with van der Waals surface area (Å²) in [6, 6.07) is 13.8. The molecule has 1 N–H and O–H groups in total. The van der Waals surface area contributed by atoms with Gasteiger partial charge in [0.15, 0.2) is 0 Å². The molecule has 1 atom stereocenters. The summed E-state index contributed by atoms with van der Waals surface area (Å²) in [5.74, 6) is 0.0359. The highest BCUT2D eigenvalue weighted by Gasteiger charge is 2.29. The quantitative estimate of drug-likeness (QED) is 0.521. The van der Waals surface area contributed by atoms with Crippen LogP contribution >= 0.6 is 34.8 Å². The van der Waals surface area contributed by atoms with E-state index in [2.05, 4.69) is 10.4 Å². The van der Waals surface area contributed by atoms with Crippen LogP contribution in [0.3, 0.4) is 0 Å². The number of amides is 2. The molecule has 1 aromatic heterocycles. The Bertz CT molecular complexity index is 1130. The van der Waals surface area contributed by atoms with Crippen molar-refractivity contribution in [1.82, 2.24) is 14.7 Å². The Labute approximate surface area is 201 Å². The van der Waals surface area contributed by atoms with Gasteiger partial charge in [-0.3, -0.25) is 9.59 Å². The lowest BCUT2D eigenvalue weighted by Crippen LogP contribution is -2.43. The molecule has 1 aliphatic rings. The Morgan fingerprint density at radius 1 is 1.03 bits per heavy atom. The lowest BCUT2D eigenvalue weighted by Gasteiger charge is -2.32. The third-order valence-electron chi connectivity index (χ3n) is 5.47. The highest BCUT2D eigenvalue weighted by Crippen LogP contribution is 2.24. The van der Waals surface area contributed by atoms with E-state index in [9.17, 15) is 9.59 Å². The number of carbonyl (C=O) groups is 2. The average molecular weight is 492 g/mol. The second-order valence-electron chi connectivity index (χ2n) is 7.70. The van der Waals surface area contributed by atoms with Crippen molar-refractivity contribution in [3.8, 4) is 0 Å². The van der Waals surface area contributed by atoms with Crippen molar-refractivity contribution in [1.29, 1.82) is 0 Å². The SMILES string of the molecule is O=C(Nc1ccnn1Cc1ccc(Cl)cc1Cl)C1CCCN(C(=O)c2ccc(Cl)cc2)C1. The molecule has 2 heterocycles. The number of rotatable bonds is 5. The van der Waals surface area contributed by atoms with Crippen LogP contribution in [0, 0.1) is 5.92 Å². The summed E-state index contributed by atoms with van der Waals surface area (Å²) in [4.78, 5) is 27.5. The number of halogens is 3. The number of hydrogen-bond acceptors (Lipinski definition) is 3. The van der Waals surface area contributed by atoms with E-state index in [4.69, 9.17) is 34.8 Å². The van der Waals surface area contributed by atoms with Gasteiger partial charge < -0.3 is 10.2 Å². The van der Waals surface area contributed by atoms with Gasteiger partial charge in [0.1, 0.15) is 5.82 Å². The van der Waals surface area contributed by atoms with Crippen LogP contribution in [0.5, 0.6) is 0 Å². The van der Waals surface area contributed by atoms with E-state index in [-0.39, 0.29) is 17.7 Å². The van der Waals surface area contributed by atoms with Crippen molar-refractivity contribution in [2.75, 3.05) is 18.4 Å². The summed E-state index contributed by atoms with van der Waals surface area (Å²) < 4.78 is 1.67. The van der Waals surface area contributed by atoms with Crippen molar-refractivity contribution < 1.29 is 9.59 Å². The third kappa shape index (κ3) is 5.26. The first kappa shape index (κ1) is 22.6. The van der Waals surface area contributed by atoms with Crippen LogP contribution in [0.25, 0.3) is 0 Å². The van der Waals surface area contributed by atoms with Crippen LogP contribution in [0.4, 0.5) is 5.82 Å². The number of piperidine rings is 1. The summed E-state index contributed by atoms with van der Waals surface area (Å²) in [6.07, 6.45) is 3.10. The molecule has 0 aliphatic carbocycles. The van der Waals surface area contributed by atoms with Crippen molar-refractivity contribution in [2.24, 2.45) is 5.92 Å². The van der Waals surface area contributed by atoms with Gasteiger partial charge in [0.2, 0.25) is 5.91 Å². The summed E-state index contributed by atoms with van der Waals surface area (Å²) in [6.45, 7) is 1.38. The normalized spacial score (nSPS) is 16.1. The zero-order valence-corrected chi connectivity index (χ0v) is 19.4. The highest BCUT2D eigenvalue weighted by atomic mass is 35.5. The second kappa shape index (κ2) is 9.94. The van der Waals surface area contributed by atoms with E-state index in [1.54, 1.807) is 58.2 Å². The Balaban J connectivity index is 1.41. The minimum atomic E-state index is -0.303. The van der Waals surface area contributed by atoms with Gasteiger partial charge in [-0.05, 0) is 54.8 Å². The first-order valence-electron chi connectivity index (χ1n) is 10.2. The number of benzene rings is 2. The molecule has 1 unspecified atom stereocenters. The Morgan fingerprint density at radius 3 is 2.53 bits per heavy atom. The van der Waals surface area contributed by atoms with Gasteiger partial charge in [-0.1, -0.05) is 40.9 Å². The van der Waals surface area contributed by atoms with Crippen molar-refractivity contribution in [3.63, 3.8) is 0 Å². The van der Waals surface area contributed by atoms with Gasteiger partial charge in [0.05, 0.1) is 18.7 Å². The number of likely N-dealkylation sites (tertiary alicyclic amines) is 1. The molecule has 1 saturated heterocycles. The molecule has 0 radical (unpaired) electrons. The molecule has 2 aromatic carbocycles. The maximum absolute atomic E-state index is 13.0. The zero-order chi connectivity index (χ0) is 22.7. The van der Waals surface area contributed by atoms with E-state index in [1.165, 1.54) is 0 Å². The monoisotopic (exact) mass is 490 g/mol. The molecule has 3 aromatic rings. The molecular weight excluding hydrogens is 471 g/mol. The number of aromatic nitrogens is 2. The molecule has 4 rings (SSSR count). The molecule has 0 bridgehead atoms. The number of anilines is 1. The van der Waals surface area contributed by atoms with Gasteiger partial charge in [0.25, 0.3) is 5.91 Å². The van der Waals surface area contributed by atoms with Crippen LogP contribution in [-0.4, -0.2) is 39.6 Å². The standard InChI is InChI=1S/C23H21Cl3N4O2/c24-18-6-3-15(4-7-18)23(32)29-11-1-2-17(13-29)22(31)28-21-9-10-27-30(21)14-16-5-8-19(25)12-20(16)26/h3-10,12,17H,1-2,11,13-14H2,(H,28,31). The number of carbonyl (C=O) groups excluding carboxylic acids is 2. The molecule has 32 heavy (non-hydrogen) atoms. The first-order chi connectivity index (χ1) is 15.4. The van der Waals surface area contributed by atoms with Gasteiger partial charge in [-0.15, -0.1) is 0 Å².